The average Bonchev–Trinajstić information content (AvgIpc) is 2.73. The minimum absolute atomic E-state index is 0.0155. The topological polar surface area (TPSA) is 75.6 Å². The molecule has 1 aliphatic carbocycles. The van der Waals surface area contributed by atoms with Crippen LogP contribution in [0.1, 0.15) is 45.4 Å². The highest BCUT2D eigenvalue weighted by molar-refractivity contribution is 5.82. The molecule has 2 rings (SSSR count). The molecule has 0 aromatic heterocycles. The van der Waals surface area contributed by atoms with Gasteiger partial charge in [-0.15, -0.1) is 0 Å². The van der Waals surface area contributed by atoms with E-state index in [1.807, 2.05) is 0 Å². The van der Waals surface area contributed by atoms with Crippen molar-refractivity contribution in [1.82, 2.24) is 5.32 Å². The number of carboxylic acids is 1. The zero-order chi connectivity index (χ0) is 13.2. The lowest BCUT2D eigenvalue weighted by Crippen LogP contribution is -2.50. The van der Waals surface area contributed by atoms with Crippen molar-refractivity contribution >= 4 is 11.9 Å². The number of carboxylic acid groups (broad SMARTS) is 1. The van der Waals surface area contributed by atoms with Crippen LogP contribution in [0.15, 0.2) is 0 Å². The molecule has 5 heteroatoms. The molecule has 0 radical (unpaired) electrons. The predicted octanol–water partition coefficient (Wildman–Crippen LogP) is 1.32. The van der Waals surface area contributed by atoms with Gasteiger partial charge in [-0.05, 0) is 31.6 Å². The summed E-state index contributed by atoms with van der Waals surface area (Å²) < 4.78 is 5.89. The third-order valence-electron chi connectivity index (χ3n) is 4.14. The number of hydrogen-bond acceptors (Lipinski definition) is 3. The highest BCUT2D eigenvalue weighted by Crippen LogP contribution is 2.42. The molecule has 102 valence electrons. The molecule has 18 heavy (non-hydrogen) atoms. The van der Waals surface area contributed by atoms with Crippen molar-refractivity contribution in [2.75, 3.05) is 6.61 Å². The third-order valence-corrected chi connectivity index (χ3v) is 4.14. The van der Waals surface area contributed by atoms with Gasteiger partial charge in [0.25, 0.3) is 0 Å². The van der Waals surface area contributed by atoms with E-state index in [0.717, 1.165) is 32.1 Å². The van der Waals surface area contributed by atoms with Crippen LogP contribution >= 0.6 is 0 Å². The predicted molar refractivity (Wildman–Crippen MR) is 65.1 cm³/mol. The zero-order valence-corrected chi connectivity index (χ0v) is 10.8. The lowest BCUT2D eigenvalue weighted by atomic mass is 9.80. The molecular weight excluding hydrogens is 234 g/mol. The van der Waals surface area contributed by atoms with Gasteiger partial charge in [-0.3, -0.25) is 4.79 Å². The molecule has 1 saturated carbocycles. The zero-order valence-electron chi connectivity index (χ0n) is 10.8. The fraction of sp³-hybridized carbons (Fsp3) is 0.846. The second kappa shape index (κ2) is 5.26. The van der Waals surface area contributed by atoms with Gasteiger partial charge >= 0.3 is 5.97 Å². The Kier molecular flexibility index (Phi) is 3.90. The minimum atomic E-state index is -0.940. The SMILES string of the molecule is CC(=O)NC(C(=O)O)C1CCOC2(CCCC2)C1. The summed E-state index contributed by atoms with van der Waals surface area (Å²) in [5.41, 5.74) is -0.116. The van der Waals surface area contributed by atoms with Crippen LogP contribution in [0.25, 0.3) is 0 Å². The maximum absolute atomic E-state index is 11.3. The number of aliphatic carboxylic acids is 1. The van der Waals surface area contributed by atoms with Gasteiger partial charge in [0.15, 0.2) is 0 Å². The van der Waals surface area contributed by atoms with Crippen LogP contribution in [-0.2, 0) is 14.3 Å². The van der Waals surface area contributed by atoms with Crippen molar-refractivity contribution in [3.8, 4) is 0 Å². The lowest BCUT2D eigenvalue weighted by molar-refractivity contribution is -0.148. The molecule has 0 bridgehead atoms. The summed E-state index contributed by atoms with van der Waals surface area (Å²) in [7, 11) is 0. The van der Waals surface area contributed by atoms with Gasteiger partial charge in [0.2, 0.25) is 5.91 Å². The molecule has 1 spiro atoms. The summed E-state index contributed by atoms with van der Waals surface area (Å²) in [6.07, 6.45) is 5.82. The maximum Gasteiger partial charge on any atom is 0.326 e. The Morgan fingerprint density at radius 1 is 1.39 bits per heavy atom. The van der Waals surface area contributed by atoms with E-state index < -0.39 is 12.0 Å². The summed E-state index contributed by atoms with van der Waals surface area (Å²) in [4.78, 5) is 22.4. The normalized spacial score (nSPS) is 27.9. The first-order chi connectivity index (χ1) is 8.52. The minimum Gasteiger partial charge on any atom is -0.480 e. The van der Waals surface area contributed by atoms with E-state index in [1.54, 1.807) is 0 Å². The van der Waals surface area contributed by atoms with Crippen LogP contribution in [-0.4, -0.2) is 35.2 Å². The standard InChI is InChI=1S/C13H21NO4/c1-9(15)14-11(12(16)17)10-4-7-18-13(8-10)5-2-3-6-13/h10-11H,2-8H2,1H3,(H,14,15)(H,16,17). The van der Waals surface area contributed by atoms with Crippen molar-refractivity contribution in [3.05, 3.63) is 0 Å². The van der Waals surface area contributed by atoms with Crippen molar-refractivity contribution in [1.29, 1.82) is 0 Å². The van der Waals surface area contributed by atoms with Gasteiger partial charge in [-0.1, -0.05) is 12.8 Å². The number of carbonyl (C=O) groups is 2. The number of hydrogen-bond donors (Lipinski definition) is 2. The molecule has 0 aromatic carbocycles. The summed E-state index contributed by atoms with van der Waals surface area (Å²) in [6, 6.07) is -0.774. The molecule has 2 fully saturated rings. The van der Waals surface area contributed by atoms with Gasteiger partial charge in [-0.2, -0.15) is 0 Å². The molecule has 1 amide bonds. The van der Waals surface area contributed by atoms with Crippen molar-refractivity contribution < 1.29 is 19.4 Å². The van der Waals surface area contributed by atoms with Crippen LogP contribution in [0.3, 0.4) is 0 Å². The number of carbonyl (C=O) groups excluding carboxylic acids is 1. The molecule has 2 atom stereocenters. The van der Waals surface area contributed by atoms with E-state index in [0.29, 0.717) is 13.0 Å². The van der Waals surface area contributed by atoms with Crippen LogP contribution < -0.4 is 5.32 Å². The first-order valence-corrected chi connectivity index (χ1v) is 6.66. The van der Waals surface area contributed by atoms with Crippen molar-refractivity contribution in [3.63, 3.8) is 0 Å². The molecule has 2 N–H and O–H groups in total. The molecule has 0 aromatic rings. The molecule has 2 aliphatic rings. The number of amides is 1. The fourth-order valence-corrected chi connectivity index (χ4v) is 3.32. The Labute approximate surface area is 107 Å². The van der Waals surface area contributed by atoms with Crippen LogP contribution in [0.2, 0.25) is 0 Å². The van der Waals surface area contributed by atoms with Gasteiger partial charge in [0.1, 0.15) is 6.04 Å². The van der Waals surface area contributed by atoms with Gasteiger partial charge in [-0.25, -0.2) is 4.79 Å². The Morgan fingerprint density at radius 3 is 2.61 bits per heavy atom. The fourth-order valence-electron chi connectivity index (χ4n) is 3.32. The van der Waals surface area contributed by atoms with E-state index in [2.05, 4.69) is 5.32 Å². The highest BCUT2D eigenvalue weighted by Gasteiger charge is 2.43. The molecule has 2 unspecified atom stereocenters. The Bertz CT molecular complexity index is 336. The molecule has 1 saturated heterocycles. The average molecular weight is 255 g/mol. The molecule has 5 nitrogen and oxygen atoms in total. The number of ether oxygens (including phenoxy) is 1. The van der Waals surface area contributed by atoms with E-state index in [-0.39, 0.29) is 17.4 Å². The quantitative estimate of drug-likeness (QED) is 0.797. The third kappa shape index (κ3) is 2.83. The van der Waals surface area contributed by atoms with Gasteiger partial charge < -0.3 is 15.2 Å². The van der Waals surface area contributed by atoms with Crippen molar-refractivity contribution in [2.45, 2.75) is 57.1 Å². The highest BCUT2D eigenvalue weighted by atomic mass is 16.5. The first kappa shape index (κ1) is 13.3. The van der Waals surface area contributed by atoms with Gasteiger partial charge in [0.05, 0.1) is 5.60 Å². The van der Waals surface area contributed by atoms with E-state index >= 15 is 0 Å². The largest absolute Gasteiger partial charge is 0.480 e. The summed E-state index contributed by atoms with van der Waals surface area (Å²) >= 11 is 0. The van der Waals surface area contributed by atoms with Crippen LogP contribution in [0.5, 0.6) is 0 Å². The van der Waals surface area contributed by atoms with E-state index in [4.69, 9.17) is 4.74 Å². The smallest absolute Gasteiger partial charge is 0.326 e. The summed E-state index contributed by atoms with van der Waals surface area (Å²) in [6.45, 7) is 1.97. The Hall–Kier alpha value is -1.10. The first-order valence-electron chi connectivity index (χ1n) is 6.66. The van der Waals surface area contributed by atoms with Crippen LogP contribution in [0, 0.1) is 5.92 Å². The molecule has 1 aliphatic heterocycles. The number of rotatable bonds is 3. The van der Waals surface area contributed by atoms with E-state index in [1.165, 1.54) is 6.92 Å². The van der Waals surface area contributed by atoms with Crippen LogP contribution in [0.4, 0.5) is 0 Å². The number of nitrogens with one attached hydrogen (secondary N) is 1. The van der Waals surface area contributed by atoms with Gasteiger partial charge in [0, 0.05) is 13.5 Å². The maximum atomic E-state index is 11.3. The van der Waals surface area contributed by atoms with E-state index in [9.17, 15) is 14.7 Å². The second-order valence-corrected chi connectivity index (χ2v) is 5.51. The molecular formula is C13H21NO4. The Balaban J connectivity index is 2.05. The lowest BCUT2D eigenvalue weighted by Gasteiger charge is -2.40. The van der Waals surface area contributed by atoms with Crippen molar-refractivity contribution in [2.24, 2.45) is 5.92 Å². The summed E-state index contributed by atoms with van der Waals surface area (Å²) in [5.74, 6) is -1.24. The summed E-state index contributed by atoms with van der Waals surface area (Å²) in [5, 5.41) is 11.8. The Morgan fingerprint density at radius 2 is 2.06 bits per heavy atom. The second-order valence-electron chi connectivity index (χ2n) is 5.51. The monoisotopic (exact) mass is 255 g/mol. The molecule has 1 heterocycles.